The standard InChI is InChI=1S/C30H36N2O6/c1-21(2)28(29(34)38-20-23-12-8-5-9-13-23)32-27-17-26(37-19-22-10-6-4-7-11-22)15-14-24(27)16-25(18-33)31-30(35)36-3/h4-15,17,21,25,28,32-33H,16,18-20H2,1-3H3,(H,31,35)/t25-,28-/m0/s1. The summed E-state index contributed by atoms with van der Waals surface area (Å²) in [5.41, 5.74) is 3.36. The predicted octanol–water partition coefficient (Wildman–Crippen LogP) is 4.70. The average molecular weight is 521 g/mol. The van der Waals surface area contributed by atoms with Crippen molar-refractivity contribution in [2.24, 2.45) is 5.92 Å². The van der Waals surface area contributed by atoms with Crippen LogP contribution in [0.4, 0.5) is 10.5 Å². The minimum absolute atomic E-state index is 0.0816. The molecule has 3 aromatic rings. The highest BCUT2D eigenvalue weighted by Crippen LogP contribution is 2.27. The van der Waals surface area contributed by atoms with E-state index in [-0.39, 0.29) is 25.1 Å². The molecule has 0 unspecified atom stereocenters. The number of amides is 1. The number of carbonyl (C=O) groups is 2. The second-order valence-corrected chi connectivity index (χ2v) is 9.27. The van der Waals surface area contributed by atoms with Gasteiger partial charge < -0.3 is 30.0 Å². The molecule has 0 saturated carbocycles. The summed E-state index contributed by atoms with van der Waals surface area (Å²) in [6, 6.07) is 23.6. The summed E-state index contributed by atoms with van der Waals surface area (Å²) in [6.07, 6.45) is -0.331. The largest absolute Gasteiger partial charge is 0.489 e. The van der Waals surface area contributed by atoms with E-state index in [0.29, 0.717) is 24.5 Å². The number of alkyl carbamates (subject to hydrolysis) is 1. The molecule has 8 nitrogen and oxygen atoms in total. The SMILES string of the molecule is COC(=O)N[C@H](CO)Cc1ccc(OCc2ccccc2)cc1N[C@H](C(=O)OCc1ccccc1)C(C)C. The number of hydrogen-bond acceptors (Lipinski definition) is 7. The molecule has 1 amide bonds. The van der Waals surface area contributed by atoms with Gasteiger partial charge in [0.25, 0.3) is 0 Å². The number of anilines is 1. The molecule has 0 radical (unpaired) electrons. The van der Waals surface area contributed by atoms with Crippen LogP contribution >= 0.6 is 0 Å². The number of esters is 1. The lowest BCUT2D eigenvalue weighted by atomic mass is 10.0. The number of ether oxygens (including phenoxy) is 3. The molecule has 0 heterocycles. The maximum atomic E-state index is 13.1. The molecule has 0 aliphatic rings. The molecule has 0 aromatic heterocycles. The number of benzene rings is 3. The summed E-state index contributed by atoms with van der Waals surface area (Å²) in [5.74, 6) is 0.153. The van der Waals surface area contributed by atoms with Gasteiger partial charge in [0.15, 0.2) is 0 Å². The minimum atomic E-state index is -0.636. The Morgan fingerprint density at radius 2 is 1.53 bits per heavy atom. The van der Waals surface area contributed by atoms with Crippen molar-refractivity contribution in [2.75, 3.05) is 19.0 Å². The molecule has 0 spiro atoms. The second kappa shape index (κ2) is 14.6. The number of aliphatic hydroxyl groups excluding tert-OH is 1. The molecule has 0 aliphatic heterocycles. The topological polar surface area (TPSA) is 106 Å². The van der Waals surface area contributed by atoms with E-state index < -0.39 is 18.2 Å². The first-order valence-corrected chi connectivity index (χ1v) is 12.6. The van der Waals surface area contributed by atoms with Crippen LogP contribution in [0.1, 0.15) is 30.5 Å². The first kappa shape index (κ1) is 28.5. The van der Waals surface area contributed by atoms with E-state index in [1.807, 2.05) is 92.7 Å². The molecule has 3 aromatic carbocycles. The van der Waals surface area contributed by atoms with Gasteiger partial charge in [-0.05, 0) is 35.1 Å². The van der Waals surface area contributed by atoms with Gasteiger partial charge in [-0.3, -0.25) is 0 Å². The zero-order valence-electron chi connectivity index (χ0n) is 22.1. The van der Waals surface area contributed by atoms with Gasteiger partial charge in [-0.2, -0.15) is 0 Å². The fourth-order valence-corrected chi connectivity index (χ4v) is 3.83. The van der Waals surface area contributed by atoms with Crippen LogP contribution < -0.4 is 15.4 Å². The van der Waals surface area contributed by atoms with E-state index in [4.69, 9.17) is 9.47 Å². The van der Waals surface area contributed by atoms with E-state index in [0.717, 1.165) is 16.7 Å². The van der Waals surface area contributed by atoms with Gasteiger partial charge in [-0.25, -0.2) is 9.59 Å². The van der Waals surface area contributed by atoms with Crippen LogP contribution in [-0.4, -0.2) is 43.0 Å². The van der Waals surface area contributed by atoms with Crippen molar-refractivity contribution in [3.8, 4) is 5.75 Å². The summed E-state index contributed by atoms with van der Waals surface area (Å²) >= 11 is 0. The molecule has 8 heteroatoms. The van der Waals surface area contributed by atoms with Crippen molar-refractivity contribution in [1.82, 2.24) is 5.32 Å². The molecule has 2 atom stereocenters. The third kappa shape index (κ3) is 8.81. The second-order valence-electron chi connectivity index (χ2n) is 9.27. The van der Waals surface area contributed by atoms with E-state index in [1.54, 1.807) is 0 Å². The number of rotatable bonds is 13. The lowest BCUT2D eigenvalue weighted by Gasteiger charge is -2.25. The van der Waals surface area contributed by atoms with Crippen molar-refractivity contribution < 1.29 is 28.9 Å². The zero-order chi connectivity index (χ0) is 27.3. The molecule has 38 heavy (non-hydrogen) atoms. The van der Waals surface area contributed by atoms with Crippen LogP contribution in [0, 0.1) is 5.92 Å². The van der Waals surface area contributed by atoms with Gasteiger partial charge in [-0.1, -0.05) is 80.6 Å². The lowest BCUT2D eigenvalue weighted by molar-refractivity contribution is -0.146. The highest BCUT2D eigenvalue weighted by molar-refractivity contribution is 5.80. The van der Waals surface area contributed by atoms with Crippen molar-refractivity contribution in [2.45, 2.75) is 45.6 Å². The van der Waals surface area contributed by atoms with Crippen LogP contribution in [0.5, 0.6) is 5.75 Å². The van der Waals surface area contributed by atoms with Crippen molar-refractivity contribution >= 4 is 17.7 Å². The van der Waals surface area contributed by atoms with Crippen molar-refractivity contribution in [3.63, 3.8) is 0 Å². The Balaban J connectivity index is 1.81. The third-order valence-corrected chi connectivity index (χ3v) is 5.98. The normalized spacial score (nSPS) is 12.3. The quantitative estimate of drug-likeness (QED) is 0.280. The molecule has 202 valence electrons. The average Bonchev–Trinajstić information content (AvgIpc) is 2.94. The Kier molecular flexibility index (Phi) is 11.0. The maximum absolute atomic E-state index is 13.1. The number of nitrogens with one attached hydrogen (secondary N) is 2. The highest BCUT2D eigenvalue weighted by Gasteiger charge is 2.25. The molecular formula is C30H36N2O6. The van der Waals surface area contributed by atoms with E-state index in [2.05, 4.69) is 15.4 Å². The first-order valence-electron chi connectivity index (χ1n) is 12.6. The molecule has 3 rings (SSSR count). The third-order valence-electron chi connectivity index (χ3n) is 5.98. The summed E-state index contributed by atoms with van der Waals surface area (Å²) in [4.78, 5) is 24.8. The monoisotopic (exact) mass is 520 g/mol. The summed E-state index contributed by atoms with van der Waals surface area (Å²) in [6.45, 7) is 4.15. The Bertz CT molecular complexity index is 1150. The predicted molar refractivity (Wildman–Crippen MR) is 146 cm³/mol. The van der Waals surface area contributed by atoms with Gasteiger partial charge in [0.1, 0.15) is 25.0 Å². The highest BCUT2D eigenvalue weighted by atomic mass is 16.5. The van der Waals surface area contributed by atoms with Crippen LogP contribution in [0.3, 0.4) is 0 Å². The smallest absolute Gasteiger partial charge is 0.407 e. The van der Waals surface area contributed by atoms with Crippen molar-refractivity contribution in [3.05, 3.63) is 95.6 Å². The minimum Gasteiger partial charge on any atom is -0.489 e. The first-order chi connectivity index (χ1) is 18.4. The van der Waals surface area contributed by atoms with Crippen LogP contribution in [0.15, 0.2) is 78.9 Å². The summed E-state index contributed by atoms with van der Waals surface area (Å²) < 4.78 is 16.3. The maximum Gasteiger partial charge on any atom is 0.407 e. The van der Waals surface area contributed by atoms with E-state index in [1.165, 1.54) is 7.11 Å². The summed E-state index contributed by atoms with van der Waals surface area (Å²) in [5, 5.41) is 15.8. The number of carbonyl (C=O) groups excluding carboxylic acids is 2. The summed E-state index contributed by atoms with van der Waals surface area (Å²) in [7, 11) is 1.27. The molecule has 3 N–H and O–H groups in total. The number of aliphatic hydroxyl groups is 1. The van der Waals surface area contributed by atoms with Gasteiger partial charge in [-0.15, -0.1) is 0 Å². The van der Waals surface area contributed by atoms with Gasteiger partial charge in [0, 0.05) is 11.8 Å². The van der Waals surface area contributed by atoms with Gasteiger partial charge in [0.2, 0.25) is 0 Å². The van der Waals surface area contributed by atoms with Gasteiger partial charge >= 0.3 is 12.1 Å². The number of hydrogen-bond donors (Lipinski definition) is 3. The Morgan fingerprint density at radius 1 is 0.895 bits per heavy atom. The van der Waals surface area contributed by atoms with Crippen LogP contribution in [-0.2, 0) is 33.9 Å². The van der Waals surface area contributed by atoms with Crippen LogP contribution in [0.25, 0.3) is 0 Å². The molecule has 0 aliphatic carbocycles. The number of methoxy groups -OCH3 is 1. The Hall–Kier alpha value is -4.04. The van der Waals surface area contributed by atoms with Crippen LogP contribution in [0.2, 0.25) is 0 Å². The van der Waals surface area contributed by atoms with E-state index in [9.17, 15) is 14.7 Å². The van der Waals surface area contributed by atoms with Crippen molar-refractivity contribution in [1.29, 1.82) is 0 Å². The Labute approximate surface area is 223 Å². The fourth-order valence-electron chi connectivity index (χ4n) is 3.83. The Morgan fingerprint density at radius 3 is 2.11 bits per heavy atom. The lowest BCUT2D eigenvalue weighted by Crippen LogP contribution is -2.39. The van der Waals surface area contributed by atoms with Gasteiger partial charge in [0.05, 0.1) is 19.8 Å². The molecule has 0 saturated heterocycles. The molecule has 0 bridgehead atoms. The zero-order valence-corrected chi connectivity index (χ0v) is 22.1. The van der Waals surface area contributed by atoms with E-state index >= 15 is 0 Å². The molecular weight excluding hydrogens is 484 g/mol. The molecule has 0 fully saturated rings. The fraction of sp³-hybridized carbons (Fsp3) is 0.333.